The first-order valence-corrected chi connectivity index (χ1v) is 8.17. The van der Waals surface area contributed by atoms with Crippen LogP contribution in [0.2, 0.25) is 0 Å². The van der Waals surface area contributed by atoms with Crippen molar-refractivity contribution in [3.05, 3.63) is 58.9 Å². The zero-order valence-electron chi connectivity index (χ0n) is 15.1. The molecule has 0 amide bonds. The lowest BCUT2D eigenvalue weighted by Crippen LogP contribution is -2.32. The molecule has 120 valence electrons. The van der Waals surface area contributed by atoms with E-state index >= 15 is 0 Å². The van der Waals surface area contributed by atoms with Crippen LogP contribution in [0.5, 0.6) is 0 Å². The van der Waals surface area contributed by atoms with Gasteiger partial charge in [0.05, 0.1) is 0 Å². The zero-order valence-corrected chi connectivity index (χ0v) is 15.1. The third-order valence-corrected chi connectivity index (χ3v) is 4.69. The minimum atomic E-state index is -0.0724. The molecule has 2 rings (SSSR count). The van der Waals surface area contributed by atoms with Crippen molar-refractivity contribution in [1.29, 1.82) is 0 Å². The lowest BCUT2D eigenvalue weighted by molar-refractivity contribution is 0.319. The summed E-state index contributed by atoms with van der Waals surface area (Å²) in [7, 11) is 0. The van der Waals surface area contributed by atoms with Crippen LogP contribution in [0.1, 0.15) is 60.5 Å². The molecule has 0 bridgehead atoms. The van der Waals surface area contributed by atoms with Crippen LogP contribution < -0.4 is 0 Å². The highest BCUT2D eigenvalue weighted by atomic mass is 16.3. The molecule has 22 heavy (non-hydrogen) atoms. The van der Waals surface area contributed by atoms with E-state index in [2.05, 4.69) is 84.9 Å². The van der Waals surface area contributed by atoms with Gasteiger partial charge in [-0.25, -0.2) is 0 Å². The normalized spacial score (nSPS) is 23.5. The largest absolute Gasteiger partial charge is 0.508 e. The summed E-state index contributed by atoms with van der Waals surface area (Å²) in [6.07, 6.45) is 3.15. The predicted octanol–water partition coefficient (Wildman–Crippen LogP) is 6.18. The summed E-state index contributed by atoms with van der Waals surface area (Å²) < 4.78 is 0. The fourth-order valence-corrected chi connectivity index (χ4v) is 3.25. The standard InChI is InChI=1S/C21H30O/c1-19(2,3)16-13-21(7,15-11-9-8-10-12-15)14-17(18(16)22)20(4,5)6/h8-13,22H,14H2,1-7H3. The van der Waals surface area contributed by atoms with Gasteiger partial charge in [-0.05, 0) is 34.0 Å². The predicted molar refractivity (Wildman–Crippen MR) is 95.1 cm³/mol. The summed E-state index contributed by atoms with van der Waals surface area (Å²) in [6, 6.07) is 10.6. The van der Waals surface area contributed by atoms with Crippen molar-refractivity contribution in [2.75, 3.05) is 0 Å². The smallest absolute Gasteiger partial charge is 0.118 e. The highest BCUT2D eigenvalue weighted by Gasteiger charge is 2.39. The molecule has 1 nitrogen and oxygen atoms in total. The number of hydrogen-bond donors (Lipinski definition) is 1. The minimum Gasteiger partial charge on any atom is -0.508 e. The third kappa shape index (κ3) is 3.14. The Morgan fingerprint density at radius 1 is 0.909 bits per heavy atom. The first-order valence-electron chi connectivity index (χ1n) is 8.17. The number of hydrogen-bond acceptors (Lipinski definition) is 1. The van der Waals surface area contributed by atoms with Crippen LogP contribution in [0.15, 0.2) is 53.3 Å². The molecular formula is C21H30O. The monoisotopic (exact) mass is 298 g/mol. The summed E-state index contributed by atoms with van der Waals surface area (Å²) in [5, 5.41) is 10.9. The second kappa shape index (κ2) is 5.30. The van der Waals surface area contributed by atoms with Gasteiger partial charge in [-0.1, -0.05) is 84.9 Å². The molecule has 1 heteroatoms. The van der Waals surface area contributed by atoms with E-state index in [9.17, 15) is 5.11 Å². The lowest BCUT2D eigenvalue weighted by atomic mass is 9.64. The van der Waals surface area contributed by atoms with Gasteiger partial charge in [0, 0.05) is 5.41 Å². The summed E-state index contributed by atoms with van der Waals surface area (Å²) in [5.41, 5.74) is 3.35. The molecule has 0 aliphatic heterocycles. The zero-order chi connectivity index (χ0) is 16.8. The van der Waals surface area contributed by atoms with E-state index < -0.39 is 0 Å². The van der Waals surface area contributed by atoms with Crippen LogP contribution in [0, 0.1) is 10.8 Å². The second-order valence-corrected chi connectivity index (χ2v) is 8.85. The van der Waals surface area contributed by atoms with E-state index in [-0.39, 0.29) is 16.2 Å². The van der Waals surface area contributed by atoms with E-state index in [0.29, 0.717) is 5.76 Å². The summed E-state index contributed by atoms with van der Waals surface area (Å²) in [6.45, 7) is 15.4. The number of aliphatic hydroxyl groups is 1. The van der Waals surface area contributed by atoms with E-state index in [4.69, 9.17) is 0 Å². The maximum Gasteiger partial charge on any atom is 0.118 e. The molecule has 0 aromatic heterocycles. The van der Waals surface area contributed by atoms with Crippen molar-refractivity contribution >= 4 is 0 Å². The molecule has 0 saturated carbocycles. The van der Waals surface area contributed by atoms with Crippen LogP contribution in [0.4, 0.5) is 0 Å². The molecule has 0 spiro atoms. The molecule has 1 unspecified atom stereocenters. The van der Waals surface area contributed by atoms with Crippen molar-refractivity contribution in [2.45, 2.75) is 60.3 Å². The summed E-state index contributed by atoms with van der Waals surface area (Å²) >= 11 is 0. The Bertz CT molecular complexity index is 606. The Labute approximate surface area is 135 Å². The second-order valence-electron chi connectivity index (χ2n) is 8.85. The lowest BCUT2D eigenvalue weighted by Gasteiger charge is -2.41. The van der Waals surface area contributed by atoms with Crippen LogP contribution in [-0.2, 0) is 5.41 Å². The van der Waals surface area contributed by atoms with Crippen LogP contribution >= 0.6 is 0 Å². The topological polar surface area (TPSA) is 20.2 Å². The molecule has 0 saturated heterocycles. The molecule has 0 heterocycles. The van der Waals surface area contributed by atoms with E-state index in [0.717, 1.165) is 17.6 Å². The summed E-state index contributed by atoms with van der Waals surface area (Å²) in [4.78, 5) is 0. The SMILES string of the molecule is CC(C)(C)C1=CC(C)(c2ccccc2)CC(C(C)(C)C)=C1O. The molecule has 1 N–H and O–H groups in total. The quantitative estimate of drug-likeness (QED) is 0.656. The maximum atomic E-state index is 10.9. The average Bonchev–Trinajstić information content (AvgIpc) is 2.40. The van der Waals surface area contributed by atoms with E-state index in [1.54, 1.807) is 0 Å². The number of rotatable bonds is 1. The van der Waals surface area contributed by atoms with Gasteiger partial charge in [-0.3, -0.25) is 0 Å². The van der Waals surface area contributed by atoms with Crippen molar-refractivity contribution in [3.8, 4) is 0 Å². The van der Waals surface area contributed by atoms with Gasteiger partial charge in [0.25, 0.3) is 0 Å². The van der Waals surface area contributed by atoms with Crippen molar-refractivity contribution < 1.29 is 5.11 Å². The molecule has 1 aliphatic rings. The van der Waals surface area contributed by atoms with Gasteiger partial charge in [-0.15, -0.1) is 0 Å². The Morgan fingerprint density at radius 3 is 1.91 bits per heavy atom. The Balaban J connectivity index is 2.65. The average molecular weight is 298 g/mol. The molecule has 1 aliphatic carbocycles. The molecular weight excluding hydrogens is 268 g/mol. The van der Waals surface area contributed by atoms with Crippen molar-refractivity contribution in [3.63, 3.8) is 0 Å². The number of benzene rings is 1. The molecule has 1 aromatic rings. The van der Waals surface area contributed by atoms with Crippen LogP contribution in [0.3, 0.4) is 0 Å². The van der Waals surface area contributed by atoms with Crippen molar-refractivity contribution in [2.24, 2.45) is 10.8 Å². The molecule has 1 aromatic carbocycles. The molecule has 0 fully saturated rings. The Morgan fingerprint density at radius 2 is 1.45 bits per heavy atom. The van der Waals surface area contributed by atoms with Gasteiger partial charge >= 0.3 is 0 Å². The minimum absolute atomic E-state index is 0.0368. The fraction of sp³-hybridized carbons (Fsp3) is 0.524. The highest BCUT2D eigenvalue weighted by molar-refractivity contribution is 5.47. The Kier molecular flexibility index (Phi) is 4.06. The maximum absolute atomic E-state index is 10.9. The van der Waals surface area contributed by atoms with Crippen molar-refractivity contribution in [1.82, 2.24) is 0 Å². The van der Waals surface area contributed by atoms with Gasteiger partial charge < -0.3 is 5.11 Å². The first-order chi connectivity index (χ1) is 9.95. The molecule has 1 atom stereocenters. The highest BCUT2D eigenvalue weighted by Crippen LogP contribution is 2.49. The van der Waals surface area contributed by atoms with Crippen LogP contribution in [0.25, 0.3) is 0 Å². The summed E-state index contributed by atoms with van der Waals surface area (Å²) in [5.74, 6) is 0.508. The van der Waals surface area contributed by atoms with Gasteiger partial charge in [-0.2, -0.15) is 0 Å². The van der Waals surface area contributed by atoms with E-state index in [1.807, 2.05) is 0 Å². The first kappa shape index (κ1) is 16.9. The Hall–Kier alpha value is -1.50. The number of aliphatic hydroxyl groups excluding tert-OH is 1. The third-order valence-electron chi connectivity index (χ3n) is 4.69. The van der Waals surface area contributed by atoms with Crippen LogP contribution in [-0.4, -0.2) is 5.11 Å². The van der Waals surface area contributed by atoms with Gasteiger partial charge in [0.2, 0.25) is 0 Å². The fourth-order valence-electron chi connectivity index (χ4n) is 3.25. The van der Waals surface area contributed by atoms with Gasteiger partial charge in [0.15, 0.2) is 0 Å². The van der Waals surface area contributed by atoms with Gasteiger partial charge in [0.1, 0.15) is 5.76 Å². The van der Waals surface area contributed by atoms with E-state index in [1.165, 1.54) is 5.56 Å². The molecule has 0 radical (unpaired) electrons. The number of allylic oxidation sites excluding steroid dienone is 3.